The van der Waals surface area contributed by atoms with Gasteiger partial charge in [-0.3, -0.25) is 0 Å². The van der Waals surface area contributed by atoms with E-state index in [1.54, 1.807) is 35.7 Å². The molecule has 0 saturated heterocycles. The number of aliphatic hydroxyl groups is 1. The molecule has 3 nitrogen and oxygen atoms in total. The maximum Gasteiger partial charge on any atom is 0.0766 e. The van der Waals surface area contributed by atoms with Gasteiger partial charge in [-0.05, 0) is 144 Å². The predicted octanol–water partition coefficient (Wildman–Crippen LogP) is 15.0. The molecule has 0 amide bonds. The number of nitrogens with zero attached hydrogens (tertiary/aromatic N) is 2. The van der Waals surface area contributed by atoms with Crippen molar-refractivity contribution in [2.75, 3.05) is 4.90 Å². The summed E-state index contributed by atoms with van der Waals surface area (Å²) in [6.07, 6.45) is 13.3. The van der Waals surface area contributed by atoms with Crippen molar-refractivity contribution in [1.29, 1.82) is 0 Å². The second-order valence-electron chi connectivity index (χ2n) is 16.6. The van der Waals surface area contributed by atoms with Gasteiger partial charge in [-0.1, -0.05) is 110 Å². The molecular weight excluding hydrogens is 817 g/mol. The number of aryl methyl sites for hydroxylation is 1. The molecule has 3 aromatic heterocycles. The van der Waals surface area contributed by atoms with Gasteiger partial charge in [-0.15, -0.1) is 28.4 Å². The molecule has 1 unspecified atom stereocenters. The van der Waals surface area contributed by atoms with Crippen molar-refractivity contribution in [2.45, 2.75) is 67.4 Å². The summed E-state index contributed by atoms with van der Waals surface area (Å²) in [6.45, 7) is 23.5. The Bertz CT molecular complexity index is 3350. The number of aromatic nitrogens is 1. The molecule has 64 heavy (non-hydrogen) atoms. The molecule has 0 aliphatic heterocycles. The van der Waals surface area contributed by atoms with Crippen LogP contribution in [0.2, 0.25) is 0 Å². The van der Waals surface area contributed by atoms with Crippen LogP contribution in [0.25, 0.3) is 66.6 Å². The average molecular weight is 873 g/mol. The lowest BCUT2D eigenvalue weighted by Crippen LogP contribution is -2.21. The van der Waals surface area contributed by atoms with Crippen LogP contribution in [-0.2, 0) is 12.8 Å². The van der Waals surface area contributed by atoms with Gasteiger partial charge in [0.05, 0.1) is 17.3 Å². The first-order valence-corrected chi connectivity index (χ1v) is 23.6. The number of fused-ring (bicyclic) bond motifs is 3. The normalized spacial score (nSPS) is 12.8. The van der Waals surface area contributed by atoms with Crippen LogP contribution in [0, 0.1) is 6.92 Å². The SMILES string of the molecule is C=Cc1sc2ccccc2c1/C(=C\C)Cc1cccc(N(C(C)=C(C)C)c2cccc(-n3c(C=C=CC(C)O)c(C)c4c(CC(/C=C\C)=c5/c(=C)sc6ccccc56)cccc43)c2)c1. The lowest BCUT2D eigenvalue weighted by Gasteiger charge is -2.28. The van der Waals surface area contributed by atoms with E-state index >= 15 is 0 Å². The largest absolute Gasteiger partial charge is 0.389 e. The molecule has 8 rings (SSSR count). The summed E-state index contributed by atoms with van der Waals surface area (Å²) in [6, 6.07) is 41.8. The van der Waals surface area contributed by atoms with Crippen LogP contribution >= 0.6 is 22.7 Å². The molecule has 1 atom stereocenters. The molecule has 8 aromatic rings. The summed E-state index contributed by atoms with van der Waals surface area (Å²) in [7, 11) is 0. The fourth-order valence-corrected chi connectivity index (χ4v) is 11.1. The molecule has 1 N–H and O–H groups in total. The number of rotatable bonds is 13. The average Bonchev–Trinajstić information content (AvgIpc) is 3.93. The Labute approximate surface area is 386 Å². The summed E-state index contributed by atoms with van der Waals surface area (Å²) in [5.41, 5.74) is 18.6. The Morgan fingerprint density at radius 3 is 2.22 bits per heavy atom. The van der Waals surface area contributed by atoms with Gasteiger partial charge in [0.25, 0.3) is 0 Å². The molecule has 0 fully saturated rings. The zero-order chi connectivity index (χ0) is 45.1. The zero-order valence-corrected chi connectivity index (χ0v) is 39.6. The summed E-state index contributed by atoms with van der Waals surface area (Å²) in [5, 5.41) is 15.2. The molecule has 5 heteroatoms. The minimum atomic E-state index is -0.613. The fourth-order valence-electron chi connectivity index (χ4n) is 9.01. The van der Waals surface area contributed by atoms with E-state index < -0.39 is 6.10 Å². The highest BCUT2D eigenvalue weighted by atomic mass is 32.1. The molecule has 0 bridgehead atoms. The first-order valence-electron chi connectivity index (χ1n) is 22.0. The van der Waals surface area contributed by atoms with Crippen molar-refractivity contribution in [2.24, 2.45) is 0 Å². The molecule has 5 aromatic carbocycles. The van der Waals surface area contributed by atoms with Crippen molar-refractivity contribution in [3.8, 4) is 5.69 Å². The third-order valence-electron chi connectivity index (χ3n) is 12.1. The number of anilines is 2. The van der Waals surface area contributed by atoms with Crippen LogP contribution < -0.4 is 14.7 Å². The van der Waals surface area contributed by atoms with Gasteiger partial charge in [0.2, 0.25) is 0 Å². The number of aliphatic hydroxyl groups excluding tert-OH is 1. The van der Waals surface area contributed by atoms with E-state index in [2.05, 4.69) is 203 Å². The molecule has 320 valence electrons. The van der Waals surface area contributed by atoms with Crippen molar-refractivity contribution in [3.05, 3.63) is 206 Å². The molecule has 0 saturated carbocycles. The third-order valence-corrected chi connectivity index (χ3v) is 14.3. The van der Waals surface area contributed by atoms with Crippen LogP contribution in [0.15, 0.2) is 163 Å². The monoisotopic (exact) mass is 872 g/mol. The molecular formula is C59H56N2OS2. The van der Waals surface area contributed by atoms with Crippen molar-refractivity contribution < 1.29 is 5.11 Å². The Morgan fingerprint density at radius 1 is 0.828 bits per heavy atom. The van der Waals surface area contributed by atoms with Crippen molar-refractivity contribution >= 4 is 95.0 Å². The van der Waals surface area contributed by atoms with Gasteiger partial charge in [0.15, 0.2) is 0 Å². The minimum absolute atomic E-state index is 0.613. The number of hydrogen-bond donors (Lipinski definition) is 1. The van der Waals surface area contributed by atoms with Gasteiger partial charge < -0.3 is 14.6 Å². The Morgan fingerprint density at radius 2 is 1.52 bits per heavy atom. The van der Waals surface area contributed by atoms with Gasteiger partial charge in [0.1, 0.15) is 0 Å². The topological polar surface area (TPSA) is 28.4 Å². The summed E-state index contributed by atoms with van der Waals surface area (Å²) in [4.78, 5) is 3.60. The maximum absolute atomic E-state index is 10.2. The van der Waals surface area contributed by atoms with Gasteiger partial charge in [0, 0.05) is 74.6 Å². The number of hydrogen-bond acceptors (Lipinski definition) is 4. The molecule has 0 radical (unpaired) electrons. The minimum Gasteiger partial charge on any atom is -0.389 e. The molecule has 0 aliphatic rings. The molecule has 0 spiro atoms. The van der Waals surface area contributed by atoms with Gasteiger partial charge >= 0.3 is 0 Å². The van der Waals surface area contributed by atoms with E-state index in [-0.39, 0.29) is 0 Å². The van der Waals surface area contributed by atoms with E-state index in [0.29, 0.717) is 0 Å². The standard InChI is InChI=1S/C59H56N2OS2/c1-10-21-45(58-42(9)63-55-32-15-13-28-50(55)58)36-46-24-19-31-53-57(46)40(7)52(30-17-22-39(6)62)61(53)49-27-20-26-48(37-49)60(41(8)38(4)5)47-25-18-23-43(35-47)34-44(11-2)59-51-29-14-16-33-56(51)64-54(59)12-3/h10-16,18-33,35,37,39,62H,3,9,34,36H2,1-2,4-8H3/b21-10-,44-11-,58-45-. The van der Waals surface area contributed by atoms with Crippen LogP contribution in [0.1, 0.15) is 74.4 Å². The van der Waals surface area contributed by atoms with Crippen LogP contribution in [0.4, 0.5) is 11.4 Å². The second kappa shape index (κ2) is 19.1. The third kappa shape index (κ3) is 8.61. The van der Waals surface area contributed by atoms with Gasteiger partial charge in [-0.25, -0.2) is 0 Å². The summed E-state index contributed by atoms with van der Waals surface area (Å²) >= 11 is 3.56. The maximum atomic E-state index is 10.2. The van der Waals surface area contributed by atoms with E-state index in [1.807, 2.05) is 12.2 Å². The summed E-state index contributed by atoms with van der Waals surface area (Å²) < 4.78 is 5.97. The molecule has 0 aliphatic carbocycles. The Balaban J connectivity index is 1.26. The smallest absolute Gasteiger partial charge is 0.0766 e. The van der Waals surface area contributed by atoms with Crippen molar-refractivity contribution in [1.82, 2.24) is 4.57 Å². The lowest BCUT2D eigenvalue weighted by molar-refractivity contribution is 0.244. The highest BCUT2D eigenvalue weighted by Crippen LogP contribution is 2.40. The number of benzene rings is 5. The predicted molar refractivity (Wildman–Crippen MR) is 283 cm³/mol. The zero-order valence-electron chi connectivity index (χ0n) is 38.0. The first-order chi connectivity index (χ1) is 31.0. The van der Waals surface area contributed by atoms with E-state index in [4.69, 9.17) is 0 Å². The fraction of sp³-hybridized carbons (Fsp3) is 0.169. The second-order valence-corrected chi connectivity index (χ2v) is 18.8. The number of allylic oxidation sites excluding steroid dienone is 6. The van der Waals surface area contributed by atoms with Crippen LogP contribution in [0.3, 0.4) is 0 Å². The Kier molecular flexibility index (Phi) is 13.2. The molecule has 3 heterocycles. The highest BCUT2D eigenvalue weighted by molar-refractivity contribution is 7.20. The van der Waals surface area contributed by atoms with Crippen LogP contribution in [0.5, 0.6) is 0 Å². The van der Waals surface area contributed by atoms with Gasteiger partial charge in [-0.2, -0.15) is 0 Å². The van der Waals surface area contributed by atoms with Crippen LogP contribution in [-0.4, -0.2) is 15.8 Å². The Hall–Kier alpha value is -6.46. The van der Waals surface area contributed by atoms with E-state index in [9.17, 15) is 5.11 Å². The van der Waals surface area contributed by atoms with E-state index in [1.165, 1.54) is 74.8 Å². The van der Waals surface area contributed by atoms with E-state index in [0.717, 1.165) is 51.2 Å². The number of thiophene rings is 2. The summed E-state index contributed by atoms with van der Waals surface area (Å²) in [5.74, 6) is 0. The first kappa shape index (κ1) is 44.2. The van der Waals surface area contributed by atoms with Crippen molar-refractivity contribution in [3.63, 3.8) is 0 Å². The lowest BCUT2D eigenvalue weighted by atomic mass is 9.95. The quantitative estimate of drug-likeness (QED) is 0.117. The highest BCUT2D eigenvalue weighted by Gasteiger charge is 2.21.